The van der Waals surface area contributed by atoms with Gasteiger partial charge >= 0.3 is 0 Å². The van der Waals surface area contributed by atoms with Crippen LogP contribution in [-0.4, -0.2) is 23.5 Å². The molecular weight excluding hydrogens is 158 g/mol. The summed E-state index contributed by atoms with van der Waals surface area (Å²) in [5.41, 5.74) is 0. The van der Waals surface area contributed by atoms with Crippen molar-refractivity contribution < 1.29 is 0 Å². The molecule has 1 aliphatic carbocycles. The Bertz CT molecular complexity index is 176. The van der Waals surface area contributed by atoms with Gasteiger partial charge in [-0.3, -0.25) is 4.90 Å². The van der Waals surface area contributed by atoms with E-state index in [0.717, 1.165) is 23.9 Å². The van der Waals surface area contributed by atoms with Crippen LogP contribution in [0.15, 0.2) is 0 Å². The van der Waals surface area contributed by atoms with Crippen molar-refractivity contribution >= 4 is 0 Å². The molecular formula is C12H23N. The SMILES string of the molecule is CC(C)CC(C)N1CC2CCCC21. The number of hydrogen-bond donors (Lipinski definition) is 0. The van der Waals surface area contributed by atoms with Crippen LogP contribution in [0, 0.1) is 11.8 Å². The van der Waals surface area contributed by atoms with Crippen LogP contribution in [-0.2, 0) is 0 Å². The molecule has 0 bridgehead atoms. The molecule has 1 heterocycles. The van der Waals surface area contributed by atoms with Crippen molar-refractivity contribution in [2.24, 2.45) is 11.8 Å². The summed E-state index contributed by atoms with van der Waals surface area (Å²) in [6.45, 7) is 8.48. The van der Waals surface area contributed by atoms with Crippen molar-refractivity contribution in [3.63, 3.8) is 0 Å². The molecule has 0 aromatic carbocycles. The highest BCUT2D eigenvalue weighted by Gasteiger charge is 2.43. The van der Waals surface area contributed by atoms with Gasteiger partial charge in [0.15, 0.2) is 0 Å². The zero-order valence-electron chi connectivity index (χ0n) is 9.29. The molecule has 0 N–H and O–H groups in total. The minimum Gasteiger partial charge on any atom is -0.297 e. The van der Waals surface area contributed by atoms with Crippen LogP contribution in [0.1, 0.15) is 46.5 Å². The summed E-state index contributed by atoms with van der Waals surface area (Å²) in [5, 5.41) is 0. The van der Waals surface area contributed by atoms with Crippen molar-refractivity contribution in [2.75, 3.05) is 6.54 Å². The van der Waals surface area contributed by atoms with Crippen LogP contribution >= 0.6 is 0 Å². The van der Waals surface area contributed by atoms with Crippen LogP contribution in [0.25, 0.3) is 0 Å². The third kappa shape index (κ3) is 1.76. The van der Waals surface area contributed by atoms with Crippen LogP contribution in [0.3, 0.4) is 0 Å². The van der Waals surface area contributed by atoms with Crippen molar-refractivity contribution in [2.45, 2.75) is 58.5 Å². The van der Waals surface area contributed by atoms with E-state index in [0.29, 0.717) is 0 Å². The Balaban J connectivity index is 1.82. The standard InChI is InChI=1S/C12H23N/c1-9(2)7-10(3)13-8-11-5-4-6-12(11)13/h9-12H,4-8H2,1-3H3. The number of hydrogen-bond acceptors (Lipinski definition) is 1. The van der Waals surface area contributed by atoms with Gasteiger partial charge in [-0.25, -0.2) is 0 Å². The molecule has 2 fully saturated rings. The lowest BCUT2D eigenvalue weighted by Crippen LogP contribution is -2.57. The van der Waals surface area contributed by atoms with Crippen LogP contribution in [0.5, 0.6) is 0 Å². The largest absolute Gasteiger partial charge is 0.297 e. The van der Waals surface area contributed by atoms with E-state index in [9.17, 15) is 0 Å². The van der Waals surface area contributed by atoms with E-state index >= 15 is 0 Å². The van der Waals surface area contributed by atoms with Gasteiger partial charge in [0.25, 0.3) is 0 Å². The topological polar surface area (TPSA) is 3.24 Å². The molecule has 76 valence electrons. The van der Waals surface area contributed by atoms with Crippen LogP contribution < -0.4 is 0 Å². The van der Waals surface area contributed by atoms with E-state index in [4.69, 9.17) is 0 Å². The second kappa shape index (κ2) is 3.61. The molecule has 0 aromatic rings. The first-order chi connectivity index (χ1) is 6.18. The summed E-state index contributed by atoms with van der Waals surface area (Å²) in [6, 6.07) is 1.81. The molecule has 2 aliphatic rings. The molecule has 1 nitrogen and oxygen atoms in total. The smallest absolute Gasteiger partial charge is 0.0139 e. The summed E-state index contributed by atoms with van der Waals surface area (Å²) in [6.07, 6.45) is 5.85. The van der Waals surface area contributed by atoms with Crippen molar-refractivity contribution in [3.05, 3.63) is 0 Å². The molecule has 1 saturated heterocycles. The van der Waals surface area contributed by atoms with Crippen molar-refractivity contribution in [1.29, 1.82) is 0 Å². The van der Waals surface area contributed by atoms with Gasteiger partial charge in [0.05, 0.1) is 0 Å². The molecule has 0 amide bonds. The number of nitrogens with zero attached hydrogens (tertiary/aromatic N) is 1. The Morgan fingerprint density at radius 1 is 1.23 bits per heavy atom. The zero-order valence-corrected chi connectivity index (χ0v) is 9.29. The Morgan fingerprint density at radius 3 is 2.62 bits per heavy atom. The van der Waals surface area contributed by atoms with Gasteiger partial charge in [-0.15, -0.1) is 0 Å². The molecule has 13 heavy (non-hydrogen) atoms. The summed E-state index contributed by atoms with van der Waals surface area (Å²) in [7, 11) is 0. The maximum Gasteiger partial charge on any atom is 0.0139 e. The highest BCUT2D eigenvalue weighted by atomic mass is 15.3. The van der Waals surface area contributed by atoms with E-state index in [1.165, 1.54) is 32.2 Å². The first-order valence-corrected chi connectivity index (χ1v) is 5.94. The predicted molar refractivity (Wildman–Crippen MR) is 56.8 cm³/mol. The lowest BCUT2D eigenvalue weighted by atomic mass is 9.88. The Labute approximate surface area is 82.5 Å². The van der Waals surface area contributed by atoms with Gasteiger partial charge in [-0.1, -0.05) is 20.3 Å². The molecule has 0 radical (unpaired) electrons. The molecule has 0 aromatic heterocycles. The molecule has 0 spiro atoms. The quantitative estimate of drug-likeness (QED) is 0.647. The molecule has 3 unspecified atom stereocenters. The number of likely N-dealkylation sites (tertiary alicyclic amines) is 1. The van der Waals surface area contributed by atoms with E-state index < -0.39 is 0 Å². The minimum absolute atomic E-state index is 0.833. The fourth-order valence-electron chi connectivity index (χ4n) is 3.26. The second-order valence-corrected chi connectivity index (χ2v) is 5.43. The lowest BCUT2D eigenvalue weighted by Gasteiger charge is -2.48. The van der Waals surface area contributed by atoms with E-state index in [1.807, 2.05) is 0 Å². The lowest BCUT2D eigenvalue weighted by molar-refractivity contribution is -0.00343. The van der Waals surface area contributed by atoms with Gasteiger partial charge in [0, 0.05) is 18.6 Å². The van der Waals surface area contributed by atoms with E-state index in [-0.39, 0.29) is 0 Å². The Hall–Kier alpha value is -0.0400. The summed E-state index contributed by atoms with van der Waals surface area (Å²) in [4.78, 5) is 2.75. The molecule has 2 rings (SSSR count). The van der Waals surface area contributed by atoms with Crippen LogP contribution in [0.4, 0.5) is 0 Å². The molecule has 3 atom stereocenters. The fourth-order valence-corrected chi connectivity index (χ4v) is 3.26. The van der Waals surface area contributed by atoms with E-state index in [2.05, 4.69) is 25.7 Å². The maximum absolute atomic E-state index is 2.75. The first kappa shape index (κ1) is 9.51. The Morgan fingerprint density at radius 2 is 2.00 bits per heavy atom. The number of rotatable bonds is 3. The maximum atomic E-state index is 2.75. The molecule has 1 saturated carbocycles. The second-order valence-electron chi connectivity index (χ2n) is 5.43. The van der Waals surface area contributed by atoms with Gasteiger partial charge in [-0.05, 0) is 38.0 Å². The molecule has 1 aliphatic heterocycles. The summed E-state index contributed by atoms with van der Waals surface area (Å²) < 4.78 is 0. The Kier molecular flexibility index (Phi) is 2.64. The normalized spacial score (nSPS) is 36.0. The third-order valence-corrected chi connectivity index (χ3v) is 3.87. The van der Waals surface area contributed by atoms with Gasteiger partial charge in [0.1, 0.15) is 0 Å². The van der Waals surface area contributed by atoms with Crippen molar-refractivity contribution in [3.8, 4) is 0 Å². The van der Waals surface area contributed by atoms with Crippen molar-refractivity contribution in [1.82, 2.24) is 4.90 Å². The minimum atomic E-state index is 0.833. The molecule has 1 heteroatoms. The number of fused-ring (bicyclic) bond motifs is 1. The van der Waals surface area contributed by atoms with Crippen LogP contribution in [0.2, 0.25) is 0 Å². The first-order valence-electron chi connectivity index (χ1n) is 5.94. The summed E-state index contributed by atoms with van der Waals surface area (Å²) in [5.74, 6) is 1.94. The monoisotopic (exact) mass is 181 g/mol. The van der Waals surface area contributed by atoms with Gasteiger partial charge < -0.3 is 0 Å². The average molecular weight is 181 g/mol. The fraction of sp³-hybridized carbons (Fsp3) is 1.00. The third-order valence-electron chi connectivity index (χ3n) is 3.87. The summed E-state index contributed by atoms with van der Waals surface area (Å²) >= 11 is 0. The highest BCUT2D eigenvalue weighted by Crippen LogP contribution is 2.40. The zero-order chi connectivity index (χ0) is 9.42. The average Bonchev–Trinajstić information content (AvgIpc) is 2.30. The van der Waals surface area contributed by atoms with Gasteiger partial charge in [0.2, 0.25) is 0 Å². The highest BCUT2D eigenvalue weighted by molar-refractivity contribution is 4.98. The van der Waals surface area contributed by atoms with Gasteiger partial charge in [-0.2, -0.15) is 0 Å². The van der Waals surface area contributed by atoms with E-state index in [1.54, 1.807) is 0 Å². The predicted octanol–water partition coefficient (Wildman–Crippen LogP) is 2.91.